The lowest BCUT2D eigenvalue weighted by atomic mass is 10.1. The number of carboxylic acids is 1. The van der Waals surface area contributed by atoms with Gasteiger partial charge in [-0.25, -0.2) is 4.79 Å². The minimum absolute atomic E-state index is 0.0238. The van der Waals surface area contributed by atoms with Crippen LogP contribution in [0.2, 0.25) is 0 Å². The fourth-order valence-corrected chi connectivity index (χ4v) is 3.20. The molecule has 152 valence electrons. The number of aromatic nitrogens is 1. The number of carbonyl (C=O) groups is 3. The smallest absolute Gasteiger partial charge is 0.335 e. The van der Waals surface area contributed by atoms with E-state index in [-0.39, 0.29) is 23.1 Å². The van der Waals surface area contributed by atoms with Crippen LogP contribution in [-0.2, 0) is 11.2 Å². The van der Waals surface area contributed by atoms with Gasteiger partial charge >= 0.3 is 5.97 Å². The Kier molecular flexibility index (Phi) is 6.43. The molecule has 0 radical (unpaired) electrons. The van der Waals surface area contributed by atoms with Crippen molar-refractivity contribution < 1.29 is 24.2 Å². The molecule has 29 heavy (non-hydrogen) atoms. The van der Waals surface area contributed by atoms with Crippen molar-refractivity contribution in [2.45, 2.75) is 12.8 Å². The Morgan fingerprint density at radius 1 is 1.03 bits per heavy atom. The number of nitrogens with zero attached hydrogens (tertiary/aromatic N) is 3. The number of carboxylic acid groups (broad SMARTS) is 1. The molecule has 0 atom stereocenters. The Balaban J connectivity index is 1.50. The average molecular weight is 397 g/mol. The van der Waals surface area contributed by atoms with E-state index in [1.54, 1.807) is 16.9 Å². The molecule has 0 unspecified atom stereocenters. The molecule has 8 nitrogen and oxygen atoms in total. The third kappa shape index (κ3) is 5.10. The van der Waals surface area contributed by atoms with Crippen LogP contribution in [0.3, 0.4) is 0 Å². The highest BCUT2D eigenvalue weighted by Gasteiger charge is 2.25. The van der Waals surface area contributed by atoms with E-state index < -0.39 is 5.97 Å². The van der Waals surface area contributed by atoms with Crippen LogP contribution in [0.25, 0.3) is 0 Å². The molecule has 1 aliphatic rings. The number of pyridine rings is 1. The monoisotopic (exact) mass is 397 g/mol. The standard InChI is InChI=1S/C21H23N3O5/c1-29-17-5-2-15(3-6-17)4-7-19(25)23-10-12-24(13-11-23)20(26)18-14-16(21(27)28)8-9-22-18/h2-3,5-6,8-9,14H,4,7,10-13H2,1H3,(H,27,28). The molecule has 0 aliphatic carbocycles. The predicted octanol–water partition coefficient (Wildman–Crippen LogP) is 1.71. The highest BCUT2D eigenvalue weighted by Crippen LogP contribution is 2.14. The van der Waals surface area contributed by atoms with Crippen LogP contribution in [0.4, 0.5) is 0 Å². The molecule has 0 spiro atoms. The molecule has 1 aromatic carbocycles. The third-order valence-electron chi connectivity index (χ3n) is 4.93. The van der Waals surface area contributed by atoms with Gasteiger partial charge in [0, 0.05) is 38.8 Å². The SMILES string of the molecule is COc1ccc(CCC(=O)N2CCN(C(=O)c3cc(C(=O)O)ccn3)CC2)cc1. The minimum Gasteiger partial charge on any atom is -0.497 e. The maximum Gasteiger partial charge on any atom is 0.335 e. The van der Waals surface area contributed by atoms with Crippen LogP contribution < -0.4 is 4.74 Å². The molecule has 0 bridgehead atoms. The zero-order valence-electron chi connectivity index (χ0n) is 16.2. The molecular formula is C21H23N3O5. The number of hydrogen-bond acceptors (Lipinski definition) is 5. The summed E-state index contributed by atoms with van der Waals surface area (Å²) in [6.45, 7) is 1.69. The van der Waals surface area contributed by atoms with Crippen LogP contribution in [0.1, 0.15) is 32.8 Å². The van der Waals surface area contributed by atoms with Crippen molar-refractivity contribution >= 4 is 17.8 Å². The van der Waals surface area contributed by atoms with Gasteiger partial charge in [0.15, 0.2) is 0 Å². The number of rotatable bonds is 6. The van der Waals surface area contributed by atoms with Crippen molar-refractivity contribution in [1.29, 1.82) is 0 Å². The van der Waals surface area contributed by atoms with Gasteiger partial charge in [-0.3, -0.25) is 14.6 Å². The largest absolute Gasteiger partial charge is 0.497 e. The Hall–Kier alpha value is -3.42. The number of benzene rings is 1. The summed E-state index contributed by atoms with van der Waals surface area (Å²) in [4.78, 5) is 43.5. The topological polar surface area (TPSA) is 100 Å². The second kappa shape index (κ2) is 9.18. The second-order valence-electron chi connectivity index (χ2n) is 6.76. The Morgan fingerprint density at radius 3 is 2.31 bits per heavy atom. The van der Waals surface area contributed by atoms with Crippen molar-refractivity contribution in [2.75, 3.05) is 33.3 Å². The first-order valence-corrected chi connectivity index (χ1v) is 9.37. The van der Waals surface area contributed by atoms with Gasteiger partial charge < -0.3 is 19.6 Å². The lowest BCUT2D eigenvalue weighted by Gasteiger charge is -2.34. The van der Waals surface area contributed by atoms with Crippen LogP contribution in [0.15, 0.2) is 42.6 Å². The van der Waals surface area contributed by atoms with Gasteiger partial charge in [0.25, 0.3) is 5.91 Å². The van der Waals surface area contributed by atoms with E-state index in [0.717, 1.165) is 11.3 Å². The normalized spacial score (nSPS) is 13.8. The number of piperazine rings is 1. The lowest BCUT2D eigenvalue weighted by Crippen LogP contribution is -2.50. The highest BCUT2D eigenvalue weighted by molar-refractivity contribution is 5.96. The van der Waals surface area contributed by atoms with E-state index in [0.29, 0.717) is 39.0 Å². The highest BCUT2D eigenvalue weighted by atomic mass is 16.5. The number of ether oxygens (including phenoxy) is 1. The minimum atomic E-state index is -1.10. The second-order valence-corrected chi connectivity index (χ2v) is 6.76. The van der Waals surface area contributed by atoms with Crippen LogP contribution in [0, 0.1) is 0 Å². The third-order valence-corrected chi connectivity index (χ3v) is 4.93. The van der Waals surface area contributed by atoms with Crippen molar-refractivity contribution in [3.8, 4) is 5.75 Å². The summed E-state index contributed by atoms with van der Waals surface area (Å²) >= 11 is 0. The summed E-state index contributed by atoms with van der Waals surface area (Å²) in [6, 6.07) is 10.3. The number of hydrogen-bond donors (Lipinski definition) is 1. The summed E-state index contributed by atoms with van der Waals surface area (Å²) in [5.41, 5.74) is 1.19. The zero-order valence-corrected chi connectivity index (χ0v) is 16.2. The number of amides is 2. The summed E-state index contributed by atoms with van der Waals surface area (Å²) in [6.07, 6.45) is 2.37. The van der Waals surface area contributed by atoms with Gasteiger partial charge in [0.05, 0.1) is 12.7 Å². The molecule has 1 fully saturated rings. The molecule has 2 amide bonds. The molecular weight excluding hydrogens is 374 g/mol. The van der Waals surface area contributed by atoms with Gasteiger partial charge in [0.2, 0.25) is 5.91 Å². The Bertz CT molecular complexity index is 889. The van der Waals surface area contributed by atoms with Crippen LogP contribution in [0.5, 0.6) is 5.75 Å². The quantitative estimate of drug-likeness (QED) is 0.797. The van der Waals surface area contributed by atoms with E-state index in [9.17, 15) is 14.4 Å². The van der Waals surface area contributed by atoms with E-state index in [4.69, 9.17) is 9.84 Å². The molecule has 8 heteroatoms. The van der Waals surface area contributed by atoms with Crippen LogP contribution in [-0.4, -0.2) is 71.0 Å². The van der Waals surface area contributed by atoms with Crippen molar-refractivity contribution in [3.63, 3.8) is 0 Å². The first-order chi connectivity index (χ1) is 14.0. The lowest BCUT2D eigenvalue weighted by molar-refractivity contribution is -0.132. The van der Waals surface area contributed by atoms with Gasteiger partial charge in [0.1, 0.15) is 11.4 Å². The molecule has 1 saturated heterocycles. The molecule has 0 saturated carbocycles. The fourth-order valence-electron chi connectivity index (χ4n) is 3.20. The van der Waals surface area contributed by atoms with Gasteiger partial charge in [-0.2, -0.15) is 0 Å². The molecule has 1 N–H and O–H groups in total. The summed E-state index contributed by atoms with van der Waals surface area (Å²) < 4.78 is 5.13. The van der Waals surface area contributed by atoms with E-state index >= 15 is 0 Å². The summed E-state index contributed by atoms with van der Waals surface area (Å²) in [7, 11) is 1.61. The Morgan fingerprint density at radius 2 is 1.69 bits per heavy atom. The van der Waals surface area contributed by atoms with E-state index in [1.165, 1.54) is 18.3 Å². The van der Waals surface area contributed by atoms with E-state index in [2.05, 4.69) is 4.98 Å². The van der Waals surface area contributed by atoms with Gasteiger partial charge in [-0.15, -0.1) is 0 Å². The first-order valence-electron chi connectivity index (χ1n) is 9.37. The van der Waals surface area contributed by atoms with Gasteiger partial charge in [-0.1, -0.05) is 12.1 Å². The van der Waals surface area contributed by atoms with Crippen molar-refractivity contribution in [3.05, 3.63) is 59.4 Å². The first kappa shape index (κ1) is 20.3. The Labute approximate surface area is 168 Å². The predicted molar refractivity (Wildman–Crippen MR) is 105 cm³/mol. The fraction of sp³-hybridized carbons (Fsp3) is 0.333. The number of aromatic carboxylic acids is 1. The molecule has 1 aliphatic heterocycles. The maximum atomic E-state index is 12.6. The molecule has 3 rings (SSSR count). The number of carbonyl (C=O) groups excluding carboxylic acids is 2. The molecule has 2 heterocycles. The van der Waals surface area contributed by atoms with Crippen molar-refractivity contribution in [1.82, 2.24) is 14.8 Å². The number of aryl methyl sites for hydroxylation is 1. The zero-order chi connectivity index (χ0) is 20.8. The molecule has 2 aromatic rings. The van der Waals surface area contributed by atoms with Crippen molar-refractivity contribution in [2.24, 2.45) is 0 Å². The van der Waals surface area contributed by atoms with Crippen LogP contribution >= 0.6 is 0 Å². The average Bonchev–Trinajstić information content (AvgIpc) is 2.77. The summed E-state index contributed by atoms with van der Waals surface area (Å²) in [5.74, 6) is -0.588. The molecule has 1 aromatic heterocycles. The van der Waals surface area contributed by atoms with Gasteiger partial charge in [-0.05, 0) is 36.2 Å². The van der Waals surface area contributed by atoms with E-state index in [1.807, 2.05) is 24.3 Å². The number of methoxy groups -OCH3 is 1. The maximum absolute atomic E-state index is 12.6. The summed E-state index contributed by atoms with van der Waals surface area (Å²) in [5, 5.41) is 9.05.